The summed E-state index contributed by atoms with van der Waals surface area (Å²) in [5.74, 6) is -0.0984. The highest BCUT2D eigenvalue weighted by Gasteiger charge is 2.34. The van der Waals surface area contributed by atoms with Gasteiger partial charge in [0.1, 0.15) is 5.69 Å². The molecule has 120 valence electrons. The van der Waals surface area contributed by atoms with Gasteiger partial charge in [0.05, 0.1) is 16.2 Å². The lowest BCUT2D eigenvalue weighted by Gasteiger charge is -2.13. The number of hydrogen-bond donors (Lipinski definition) is 0. The average Bonchev–Trinajstić information content (AvgIpc) is 2.94. The van der Waals surface area contributed by atoms with E-state index in [2.05, 4.69) is 9.97 Å². The zero-order valence-electron chi connectivity index (χ0n) is 11.9. The van der Waals surface area contributed by atoms with Gasteiger partial charge in [-0.15, -0.1) is 0 Å². The third-order valence-corrected chi connectivity index (χ3v) is 4.90. The summed E-state index contributed by atoms with van der Waals surface area (Å²) in [6.45, 7) is 3.67. The molecule has 0 bridgehead atoms. The molecule has 0 atom stereocenters. The van der Waals surface area contributed by atoms with Crippen LogP contribution in [0.3, 0.4) is 0 Å². The molecular weight excluding hydrogens is 319 g/mol. The van der Waals surface area contributed by atoms with Crippen LogP contribution in [0, 0.1) is 0 Å². The summed E-state index contributed by atoms with van der Waals surface area (Å²) >= 11 is 0. The molecule has 0 aromatic carbocycles. The second kappa shape index (κ2) is 5.71. The number of aryl methyl sites for hydroxylation is 1. The zero-order valence-corrected chi connectivity index (χ0v) is 12.7. The maximum atomic E-state index is 12.8. The molecule has 2 aromatic rings. The van der Waals surface area contributed by atoms with Gasteiger partial charge in [0.2, 0.25) is 0 Å². The smallest absolute Gasteiger partial charge is 0.330 e. The summed E-state index contributed by atoms with van der Waals surface area (Å²) in [5, 5.41) is 0. The number of halogens is 3. The van der Waals surface area contributed by atoms with E-state index >= 15 is 0 Å². The zero-order chi connectivity index (χ0) is 16.5. The number of hydrogen-bond acceptors (Lipinski definition) is 4. The Bertz CT molecular complexity index is 782. The van der Waals surface area contributed by atoms with Gasteiger partial charge >= 0.3 is 6.18 Å². The molecule has 0 aliphatic heterocycles. The van der Waals surface area contributed by atoms with Crippen LogP contribution in [0.25, 0.3) is 11.5 Å². The lowest BCUT2D eigenvalue weighted by Crippen LogP contribution is -2.13. The van der Waals surface area contributed by atoms with Crippen LogP contribution in [0.5, 0.6) is 0 Å². The van der Waals surface area contributed by atoms with Crippen LogP contribution >= 0.6 is 0 Å². The van der Waals surface area contributed by atoms with Gasteiger partial charge in [-0.1, -0.05) is 6.92 Å². The van der Waals surface area contributed by atoms with Gasteiger partial charge in [-0.25, -0.2) is 13.4 Å². The molecular formula is C13H14F3N3O2S. The number of alkyl halides is 3. The largest absolute Gasteiger partial charge is 0.417 e. The molecule has 5 nitrogen and oxygen atoms in total. The Morgan fingerprint density at radius 2 is 1.91 bits per heavy atom. The summed E-state index contributed by atoms with van der Waals surface area (Å²) in [7, 11) is -3.88. The molecule has 22 heavy (non-hydrogen) atoms. The van der Waals surface area contributed by atoms with Crippen LogP contribution in [-0.4, -0.2) is 28.7 Å². The predicted octanol–water partition coefficient (Wildman–Crippen LogP) is 2.78. The molecule has 0 aliphatic carbocycles. The van der Waals surface area contributed by atoms with Crippen molar-refractivity contribution in [2.75, 3.05) is 5.75 Å². The van der Waals surface area contributed by atoms with E-state index < -0.39 is 26.5 Å². The molecule has 9 heteroatoms. The highest BCUT2D eigenvalue weighted by atomic mass is 32.2. The van der Waals surface area contributed by atoms with Crippen LogP contribution in [0.4, 0.5) is 13.2 Å². The molecule has 2 aromatic heterocycles. The first kappa shape index (κ1) is 16.5. The fourth-order valence-electron chi connectivity index (χ4n) is 1.94. The number of imidazole rings is 1. The Balaban J connectivity index is 2.75. The second-order valence-electron chi connectivity index (χ2n) is 4.51. The number of aromatic nitrogens is 3. The molecule has 0 amide bonds. The molecule has 0 saturated heterocycles. The Kier molecular flexibility index (Phi) is 4.28. The maximum Gasteiger partial charge on any atom is 0.417 e. The van der Waals surface area contributed by atoms with E-state index in [4.69, 9.17) is 0 Å². The van der Waals surface area contributed by atoms with Crippen molar-refractivity contribution >= 4 is 9.84 Å². The molecule has 0 aliphatic rings. The summed E-state index contributed by atoms with van der Waals surface area (Å²) in [6.07, 6.45) is -0.986. The second-order valence-corrected chi connectivity index (χ2v) is 6.76. The van der Waals surface area contributed by atoms with Crippen LogP contribution in [0.15, 0.2) is 29.6 Å². The normalized spacial score (nSPS) is 12.6. The fraction of sp³-hybridized carbons (Fsp3) is 0.385. The van der Waals surface area contributed by atoms with Gasteiger partial charge in [0, 0.05) is 25.1 Å². The van der Waals surface area contributed by atoms with E-state index in [1.807, 2.05) is 6.92 Å². The maximum absolute atomic E-state index is 12.8. The monoisotopic (exact) mass is 333 g/mol. The average molecular weight is 333 g/mol. The summed E-state index contributed by atoms with van der Waals surface area (Å²) in [4.78, 5) is 7.29. The van der Waals surface area contributed by atoms with E-state index in [-0.39, 0.29) is 17.3 Å². The number of pyridine rings is 1. The van der Waals surface area contributed by atoms with Crippen LogP contribution in [0.1, 0.15) is 19.4 Å². The van der Waals surface area contributed by atoms with E-state index in [9.17, 15) is 21.6 Å². The minimum atomic E-state index is -4.66. The van der Waals surface area contributed by atoms with Crippen molar-refractivity contribution in [3.8, 4) is 11.5 Å². The van der Waals surface area contributed by atoms with E-state index in [0.717, 1.165) is 0 Å². The quantitative estimate of drug-likeness (QED) is 0.863. The van der Waals surface area contributed by atoms with Crippen LogP contribution < -0.4 is 0 Å². The lowest BCUT2D eigenvalue weighted by molar-refractivity contribution is -0.138. The van der Waals surface area contributed by atoms with Crippen molar-refractivity contribution in [2.45, 2.75) is 31.5 Å². The molecule has 0 N–H and O–H groups in total. The first-order chi connectivity index (χ1) is 10.2. The predicted molar refractivity (Wildman–Crippen MR) is 73.9 cm³/mol. The van der Waals surface area contributed by atoms with Crippen molar-refractivity contribution in [1.82, 2.24) is 14.5 Å². The summed E-state index contributed by atoms with van der Waals surface area (Å²) < 4.78 is 64.4. The van der Waals surface area contributed by atoms with Crippen molar-refractivity contribution in [3.05, 3.63) is 30.2 Å². The standard InChI is InChI=1S/C13H14F3N3O2S/c1-3-19-6-5-17-12(19)11-10(22(20,21)4-2)7-9(8-18-11)13(14,15)16/h5-8H,3-4H2,1-2H3. The van der Waals surface area contributed by atoms with Gasteiger partial charge in [-0.2, -0.15) is 13.2 Å². The summed E-state index contributed by atoms with van der Waals surface area (Å²) in [6, 6.07) is 0.621. The van der Waals surface area contributed by atoms with E-state index in [1.165, 1.54) is 13.1 Å². The molecule has 2 heterocycles. The molecule has 0 unspecified atom stereocenters. The first-order valence-corrected chi connectivity index (χ1v) is 8.17. The first-order valence-electron chi connectivity index (χ1n) is 6.52. The third kappa shape index (κ3) is 2.99. The van der Waals surface area contributed by atoms with Crippen molar-refractivity contribution in [3.63, 3.8) is 0 Å². The minimum Gasteiger partial charge on any atom is -0.330 e. The highest BCUT2D eigenvalue weighted by Crippen LogP contribution is 2.33. The lowest BCUT2D eigenvalue weighted by atomic mass is 10.2. The number of nitrogens with zero attached hydrogens (tertiary/aromatic N) is 3. The topological polar surface area (TPSA) is 64.8 Å². The Hall–Kier alpha value is -1.90. The molecule has 0 saturated carbocycles. The number of sulfone groups is 1. The van der Waals surface area contributed by atoms with Gasteiger partial charge in [0.15, 0.2) is 15.7 Å². The van der Waals surface area contributed by atoms with Gasteiger partial charge in [0.25, 0.3) is 0 Å². The molecule has 0 spiro atoms. The fourth-order valence-corrected chi connectivity index (χ4v) is 3.00. The van der Waals surface area contributed by atoms with Gasteiger partial charge in [-0.3, -0.25) is 4.98 Å². The van der Waals surface area contributed by atoms with Crippen molar-refractivity contribution < 1.29 is 21.6 Å². The van der Waals surface area contributed by atoms with Crippen molar-refractivity contribution in [2.24, 2.45) is 0 Å². The molecule has 0 fully saturated rings. The van der Waals surface area contributed by atoms with E-state index in [1.54, 1.807) is 10.8 Å². The van der Waals surface area contributed by atoms with Gasteiger partial charge in [-0.05, 0) is 13.0 Å². The SMILES string of the molecule is CCn1ccnc1-c1ncc(C(F)(F)F)cc1S(=O)(=O)CC. The Labute approximate surface area is 125 Å². The van der Waals surface area contributed by atoms with E-state index in [0.29, 0.717) is 18.8 Å². The Morgan fingerprint density at radius 1 is 1.23 bits per heavy atom. The third-order valence-electron chi connectivity index (χ3n) is 3.16. The van der Waals surface area contributed by atoms with Crippen LogP contribution in [0.2, 0.25) is 0 Å². The minimum absolute atomic E-state index is 0.0679. The Morgan fingerprint density at radius 3 is 2.45 bits per heavy atom. The molecule has 0 radical (unpaired) electrons. The van der Waals surface area contributed by atoms with Crippen molar-refractivity contribution in [1.29, 1.82) is 0 Å². The molecule has 2 rings (SSSR count). The van der Waals surface area contributed by atoms with Crippen LogP contribution in [-0.2, 0) is 22.6 Å². The summed E-state index contributed by atoms with van der Waals surface area (Å²) in [5.41, 5.74) is -1.17. The van der Waals surface area contributed by atoms with Gasteiger partial charge < -0.3 is 4.57 Å². The number of rotatable bonds is 4. The highest BCUT2D eigenvalue weighted by molar-refractivity contribution is 7.91.